The Kier molecular flexibility index (Phi) is 5.20. The molecule has 26 heavy (non-hydrogen) atoms. The Bertz CT molecular complexity index is 831. The molecule has 8 heteroatoms. The molecule has 2 aromatic rings. The maximum absolute atomic E-state index is 12.8. The number of likely N-dealkylation sites (N-methyl/N-ethyl adjacent to an activating group) is 1. The Morgan fingerprint density at radius 2 is 2.15 bits per heavy atom. The number of H-pyrrole nitrogens is 1. The summed E-state index contributed by atoms with van der Waals surface area (Å²) in [5.74, 6) is -0.832. The van der Waals surface area contributed by atoms with Crippen LogP contribution in [-0.2, 0) is 9.59 Å². The number of aromatic nitrogens is 2. The number of piperidine rings is 1. The monoisotopic (exact) mass is 357 g/mol. The van der Waals surface area contributed by atoms with Crippen LogP contribution in [0.2, 0.25) is 0 Å². The standard InChI is InChI=1S/C18H23N5O3/c1-11(16(24)19-2)21-17(25)13-4-3-7-23(10-13)18(26)12-5-6-15-14(8-12)9-20-22-15/h5-6,8-9,11,13H,3-4,7,10H2,1-2H3,(H,19,24)(H,20,22)(H,21,25). The van der Waals surface area contributed by atoms with Crippen molar-refractivity contribution in [2.45, 2.75) is 25.8 Å². The molecule has 0 saturated carbocycles. The third-order valence-electron chi connectivity index (χ3n) is 4.76. The summed E-state index contributed by atoms with van der Waals surface area (Å²) in [6.07, 6.45) is 3.14. The molecule has 0 aliphatic carbocycles. The number of hydrogen-bond acceptors (Lipinski definition) is 4. The summed E-state index contributed by atoms with van der Waals surface area (Å²) in [4.78, 5) is 38.5. The van der Waals surface area contributed by atoms with E-state index in [2.05, 4.69) is 20.8 Å². The van der Waals surface area contributed by atoms with Crippen LogP contribution in [0.1, 0.15) is 30.1 Å². The van der Waals surface area contributed by atoms with Crippen molar-refractivity contribution in [3.8, 4) is 0 Å². The lowest BCUT2D eigenvalue weighted by Gasteiger charge is -2.32. The number of benzene rings is 1. The topological polar surface area (TPSA) is 107 Å². The molecule has 1 aromatic heterocycles. The van der Waals surface area contributed by atoms with Gasteiger partial charge in [-0.3, -0.25) is 19.5 Å². The highest BCUT2D eigenvalue weighted by atomic mass is 16.2. The van der Waals surface area contributed by atoms with Crippen LogP contribution in [0.3, 0.4) is 0 Å². The first-order chi connectivity index (χ1) is 12.5. The van der Waals surface area contributed by atoms with Crippen molar-refractivity contribution >= 4 is 28.6 Å². The van der Waals surface area contributed by atoms with Crippen LogP contribution in [0, 0.1) is 5.92 Å². The van der Waals surface area contributed by atoms with E-state index in [0.29, 0.717) is 25.1 Å². The van der Waals surface area contributed by atoms with E-state index < -0.39 is 6.04 Å². The Labute approximate surface area is 151 Å². The Morgan fingerprint density at radius 1 is 1.35 bits per heavy atom. The van der Waals surface area contributed by atoms with E-state index in [1.807, 2.05) is 6.07 Å². The van der Waals surface area contributed by atoms with E-state index in [-0.39, 0.29) is 23.6 Å². The highest BCUT2D eigenvalue weighted by molar-refractivity contribution is 5.98. The van der Waals surface area contributed by atoms with Crippen molar-refractivity contribution in [1.82, 2.24) is 25.7 Å². The smallest absolute Gasteiger partial charge is 0.253 e. The average molecular weight is 357 g/mol. The lowest BCUT2D eigenvalue weighted by atomic mass is 9.96. The largest absolute Gasteiger partial charge is 0.357 e. The van der Waals surface area contributed by atoms with Crippen LogP contribution in [-0.4, -0.2) is 59.0 Å². The van der Waals surface area contributed by atoms with Crippen molar-refractivity contribution in [3.63, 3.8) is 0 Å². The first kappa shape index (κ1) is 17.9. The normalized spacial score (nSPS) is 18.4. The minimum absolute atomic E-state index is 0.0926. The number of hydrogen-bond donors (Lipinski definition) is 3. The molecule has 3 amide bonds. The van der Waals surface area contributed by atoms with Crippen molar-refractivity contribution in [3.05, 3.63) is 30.0 Å². The van der Waals surface area contributed by atoms with E-state index in [4.69, 9.17) is 0 Å². The van der Waals surface area contributed by atoms with Crippen LogP contribution in [0.25, 0.3) is 10.9 Å². The predicted molar refractivity (Wildman–Crippen MR) is 96.4 cm³/mol. The Morgan fingerprint density at radius 3 is 2.92 bits per heavy atom. The number of carbonyl (C=O) groups excluding carboxylic acids is 3. The number of fused-ring (bicyclic) bond motifs is 1. The zero-order valence-corrected chi connectivity index (χ0v) is 14.9. The summed E-state index contributed by atoms with van der Waals surface area (Å²) in [6, 6.07) is 4.80. The van der Waals surface area contributed by atoms with Crippen LogP contribution >= 0.6 is 0 Å². The molecule has 2 heterocycles. The summed E-state index contributed by atoms with van der Waals surface area (Å²) in [6.45, 7) is 2.62. The number of amides is 3. The van der Waals surface area contributed by atoms with Crippen LogP contribution in [0.4, 0.5) is 0 Å². The van der Waals surface area contributed by atoms with Gasteiger partial charge in [0.2, 0.25) is 11.8 Å². The highest BCUT2D eigenvalue weighted by Gasteiger charge is 2.30. The van der Waals surface area contributed by atoms with E-state index in [0.717, 1.165) is 17.3 Å². The molecule has 1 fully saturated rings. The van der Waals surface area contributed by atoms with E-state index in [1.165, 1.54) is 7.05 Å². The van der Waals surface area contributed by atoms with Gasteiger partial charge >= 0.3 is 0 Å². The van der Waals surface area contributed by atoms with Gasteiger partial charge in [-0.15, -0.1) is 0 Å². The minimum Gasteiger partial charge on any atom is -0.357 e. The van der Waals surface area contributed by atoms with Gasteiger partial charge in [-0.25, -0.2) is 0 Å². The van der Waals surface area contributed by atoms with Gasteiger partial charge in [0.1, 0.15) is 6.04 Å². The molecule has 3 N–H and O–H groups in total. The average Bonchev–Trinajstić information content (AvgIpc) is 3.14. The predicted octanol–water partition coefficient (Wildman–Crippen LogP) is 0.666. The second-order valence-electron chi connectivity index (χ2n) is 6.61. The summed E-state index contributed by atoms with van der Waals surface area (Å²) in [5, 5.41) is 12.9. The number of nitrogens with one attached hydrogen (secondary N) is 3. The highest BCUT2D eigenvalue weighted by Crippen LogP contribution is 2.21. The zero-order valence-electron chi connectivity index (χ0n) is 14.9. The maximum atomic E-state index is 12.8. The van der Waals surface area contributed by atoms with Crippen molar-refractivity contribution < 1.29 is 14.4 Å². The number of nitrogens with zero attached hydrogens (tertiary/aromatic N) is 2. The first-order valence-corrected chi connectivity index (χ1v) is 8.74. The van der Waals surface area contributed by atoms with Gasteiger partial charge in [0.05, 0.1) is 17.6 Å². The molecule has 0 bridgehead atoms. The third kappa shape index (κ3) is 3.68. The lowest BCUT2D eigenvalue weighted by molar-refractivity contribution is -0.131. The lowest BCUT2D eigenvalue weighted by Crippen LogP contribution is -2.50. The second-order valence-corrected chi connectivity index (χ2v) is 6.61. The van der Waals surface area contributed by atoms with E-state index >= 15 is 0 Å². The molecule has 1 aliphatic heterocycles. The quantitative estimate of drug-likeness (QED) is 0.747. The molecule has 2 atom stereocenters. The molecule has 0 spiro atoms. The van der Waals surface area contributed by atoms with Crippen LogP contribution in [0.15, 0.2) is 24.4 Å². The Hall–Kier alpha value is -2.90. The molecule has 1 aliphatic rings. The number of carbonyl (C=O) groups is 3. The summed E-state index contributed by atoms with van der Waals surface area (Å²) >= 11 is 0. The van der Waals surface area contributed by atoms with Crippen LogP contribution < -0.4 is 10.6 Å². The molecule has 8 nitrogen and oxygen atoms in total. The number of rotatable bonds is 4. The summed E-state index contributed by atoms with van der Waals surface area (Å²) in [7, 11) is 1.53. The van der Waals surface area contributed by atoms with E-state index in [1.54, 1.807) is 30.2 Å². The molecular weight excluding hydrogens is 334 g/mol. The van der Waals surface area contributed by atoms with Gasteiger partial charge in [-0.1, -0.05) is 0 Å². The molecule has 1 saturated heterocycles. The van der Waals surface area contributed by atoms with Gasteiger partial charge in [0.25, 0.3) is 5.91 Å². The SMILES string of the molecule is CNC(=O)C(C)NC(=O)C1CCCN(C(=O)c2ccc3[nH]ncc3c2)C1. The molecule has 3 rings (SSSR count). The maximum Gasteiger partial charge on any atom is 0.253 e. The fourth-order valence-corrected chi connectivity index (χ4v) is 3.25. The summed E-state index contributed by atoms with van der Waals surface area (Å²) < 4.78 is 0. The third-order valence-corrected chi connectivity index (χ3v) is 4.76. The van der Waals surface area contributed by atoms with Gasteiger partial charge in [-0.2, -0.15) is 5.10 Å². The molecule has 138 valence electrons. The number of aromatic amines is 1. The second kappa shape index (κ2) is 7.55. The molecule has 0 radical (unpaired) electrons. The molecule has 1 aromatic carbocycles. The minimum atomic E-state index is -0.595. The van der Waals surface area contributed by atoms with Gasteiger partial charge in [-0.05, 0) is 38.0 Å². The molecule has 2 unspecified atom stereocenters. The fourth-order valence-electron chi connectivity index (χ4n) is 3.25. The van der Waals surface area contributed by atoms with Gasteiger partial charge in [0, 0.05) is 31.1 Å². The molecular formula is C18H23N5O3. The fraction of sp³-hybridized carbons (Fsp3) is 0.444. The zero-order chi connectivity index (χ0) is 18.7. The van der Waals surface area contributed by atoms with Gasteiger partial charge in [0.15, 0.2) is 0 Å². The van der Waals surface area contributed by atoms with Crippen molar-refractivity contribution in [1.29, 1.82) is 0 Å². The number of likely N-dealkylation sites (tertiary alicyclic amines) is 1. The van der Waals surface area contributed by atoms with Gasteiger partial charge < -0.3 is 15.5 Å². The van der Waals surface area contributed by atoms with Crippen molar-refractivity contribution in [2.24, 2.45) is 5.92 Å². The Balaban J connectivity index is 1.66. The van der Waals surface area contributed by atoms with E-state index in [9.17, 15) is 14.4 Å². The van der Waals surface area contributed by atoms with Crippen molar-refractivity contribution in [2.75, 3.05) is 20.1 Å². The first-order valence-electron chi connectivity index (χ1n) is 8.74. The van der Waals surface area contributed by atoms with Crippen LogP contribution in [0.5, 0.6) is 0 Å². The summed E-state index contributed by atoms with van der Waals surface area (Å²) in [5.41, 5.74) is 1.46.